The maximum absolute atomic E-state index is 4.55. The third-order valence-electron chi connectivity index (χ3n) is 4.34. The van der Waals surface area contributed by atoms with Crippen molar-refractivity contribution in [1.29, 1.82) is 0 Å². The van der Waals surface area contributed by atoms with E-state index in [0.29, 0.717) is 5.25 Å². The summed E-state index contributed by atoms with van der Waals surface area (Å²) < 4.78 is 1.15. The molecule has 1 aromatic heterocycles. The van der Waals surface area contributed by atoms with Crippen LogP contribution in [0.15, 0.2) is 58.6 Å². The molecular formula is C20H21N5S2. The van der Waals surface area contributed by atoms with E-state index in [9.17, 15) is 0 Å². The number of aromatic nitrogens is 1. The molecule has 1 aliphatic heterocycles. The molecule has 0 saturated heterocycles. The minimum Gasteiger partial charge on any atom is -0.335 e. The molecule has 7 heteroatoms. The van der Waals surface area contributed by atoms with Crippen molar-refractivity contribution in [2.24, 2.45) is 10.1 Å². The Bertz CT molecular complexity index is 958. The second-order valence-corrected chi connectivity index (χ2v) is 8.61. The summed E-state index contributed by atoms with van der Waals surface area (Å²) in [5, 5.41) is 10.3. The topological polar surface area (TPSA) is 61.7 Å². The molecular weight excluding hydrogens is 374 g/mol. The van der Waals surface area contributed by atoms with Crippen LogP contribution in [0.25, 0.3) is 10.2 Å². The molecule has 27 heavy (non-hydrogen) atoms. The van der Waals surface area contributed by atoms with Gasteiger partial charge in [0.25, 0.3) is 0 Å². The van der Waals surface area contributed by atoms with Gasteiger partial charge in [0.05, 0.1) is 22.5 Å². The van der Waals surface area contributed by atoms with Crippen molar-refractivity contribution >= 4 is 55.0 Å². The number of rotatable bonds is 5. The quantitative estimate of drug-likeness (QED) is 0.447. The van der Waals surface area contributed by atoms with Gasteiger partial charge in [-0.2, -0.15) is 5.10 Å². The molecule has 0 saturated carbocycles. The number of hydrogen-bond acceptors (Lipinski definition) is 7. The van der Waals surface area contributed by atoms with Crippen molar-refractivity contribution < 1.29 is 0 Å². The largest absolute Gasteiger partial charge is 0.335 e. The monoisotopic (exact) mass is 395 g/mol. The molecule has 138 valence electrons. The molecule has 0 bridgehead atoms. The van der Waals surface area contributed by atoms with Gasteiger partial charge in [0, 0.05) is 10.9 Å². The number of para-hydroxylation sites is 1. The molecule has 0 fully saturated rings. The Morgan fingerprint density at radius 3 is 2.74 bits per heavy atom. The van der Waals surface area contributed by atoms with Crippen LogP contribution in [0.1, 0.15) is 25.8 Å². The Morgan fingerprint density at radius 1 is 1.19 bits per heavy atom. The summed E-state index contributed by atoms with van der Waals surface area (Å²) in [6.07, 6.45) is 1.15. The van der Waals surface area contributed by atoms with E-state index in [1.807, 2.05) is 36.9 Å². The number of nitrogens with zero attached hydrogens (tertiary/aromatic N) is 3. The van der Waals surface area contributed by atoms with Crippen LogP contribution in [-0.4, -0.2) is 27.7 Å². The molecule has 3 aromatic rings. The van der Waals surface area contributed by atoms with E-state index in [0.717, 1.165) is 50.4 Å². The number of aliphatic imine (C=N–C) groups is 1. The normalized spacial score (nSPS) is 17.2. The first-order chi connectivity index (χ1) is 13.2. The maximum atomic E-state index is 4.55. The molecule has 2 aromatic carbocycles. The van der Waals surface area contributed by atoms with Gasteiger partial charge in [0.1, 0.15) is 0 Å². The molecule has 5 nitrogen and oxygen atoms in total. The van der Waals surface area contributed by atoms with Gasteiger partial charge in [-0.3, -0.25) is 10.4 Å². The lowest BCUT2D eigenvalue weighted by Gasteiger charge is -2.08. The molecule has 0 radical (unpaired) electrons. The van der Waals surface area contributed by atoms with Crippen molar-refractivity contribution in [3.63, 3.8) is 0 Å². The summed E-state index contributed by atoms with van der Waals surface area (Å²) in [6.45, 7) is 5.10. The van der Waals surface area contributed by atoms with E-state index in [1.165, 1.54) is 0 Å². The van der Waals surface area contributed by atoms with Gasteiger partial charge < -0.3 is 5.32 Å². The summed E-state index contributed by atoms with van der Waals surface area (Å²) in [5.41, 5.74) is 7.10. The number of hydrogen-bond donors (Lipinski definition) is 2. The molecule has 4 rings (SSSR count). The second kappa shape index (κ2) is 8.10. The van der Waals surface area contributed by atoms with E-state index >= 15 is 0 Å². The minimum absolute atomic E-state index is 0.606. The van der Waals surface area contributed by atoms with E-state index < -0.39 is 0 Å². The summed E-state index contributed by atoms with van der Waals surface area (Å²) in [7, 11) is 0. The highest BCUT2D eigenvalue weighted by Gasteiger charge is 2.17. The number of thioether (sulfide) groups is 1. The van der Waals surface area contributed by atoms with Crippen LogP contribution in [0, 0.1) is 0 Å². The van der Waals surface area contributed by atoms with Gasteiger partial charge in [-0.15, -0.1) is 0 Å². The highest BCUT2D eigenvalue weighted by molar-refractivity contribution is 8.15. The zero-order valence-corrected chi connectivity index (χ0v) is 16.9. The molecule has 2 heterocycles. The highest BCUT2D eigenvalue weighted by Crippen LogP contribution is 2.26. The average Bonchev–Trinajstić information content (AvgIpc) is 3.32. The van der Waals surface area contributed by atoms with Crippen molar-refractivity contribution in [3.8, 4) is 0 Å². The molecule has 0 aliphatic carbocycles. The fourth-order valence-electron chi connectivity index (χ4n) is 2.73. The van der Waals surface area contributed by atoms with Crippen molar-refractivity contribution in [1.82, 2.24) is 4.98 Å². The summed E-state index contributed by atoms with van der Waals surface area (Å²) in [4.78, 5) is 9.09. The van der Waals surface area contributed by atoms with E-state index in [2.05, 4.69) is 63.1 Å². The van der Waals surface area contributed by atoms with Gasteiger partial charge in [-0.25, -0.2) is 4.98 Å². The number of nitrogens with one attached hydrogen (secondary N) is 2. The lowest BCUT2D eigenvalue weighted by molar-refractivity contribution is 0.843. The van der Waals surface area contributed by atoms with Gasteiger partial charge in [0.15, 0.2) is 5.17 Å². The Hall–Kier alpha value is -2.38. The maximum Gasteiger partial charge on any atom is 0.204 e. The molecule has 0 amide bonds. The fourth-order valence-corrected chi connectivity index (χ4v) is 4.50. The number of thiazole rings is 1. The SMILES string of the molecule is CC[C@H]1CN=C(Nc2ccc(/C(C)=N\Nc3nc4ccccc4s3)cc2)S1. The van der Waals surface area contributed by atoms with Crippen LogP contribution >= 0.6 is 23.1 Å². The Morgan fingerprint density at radius 2 is 2.00 bits per heavy atom. The molecule has 1 atom stereocenters. The van der Waals surface area contributed by atoms with Crippen molar-refractivity contribution in [2.75, 3.05) is 17.3 Å². The molecule has 0 spiro atoms. The third kappa shape index (κ3) is 4.31. The van der Waals surface area contributed by atoms with Crippen LogP contribution < -0.4 is 10.7 Å². The fraction of sp³-hybridized carbons (Fsp3) is 0.250. The summed E-state index contributed by atoms with van der Waals surface area (Å²) in [6, 6.07) is 16.4. The number of fused-ring (bicyclic) bond motifs is 1. The predicted octanol–water partition coefficient (Wildman–Crippen LogP) is 5.43. The Labute approximate surface area is 167 Å². The minimum atomic E-state index is 0.606. The van der Waals surface area contributed by atoms with E-state index in [1.54, 1.807) is 11.3 Å². The molecule has 2 N–H and O–H groups in total. The number of hydrazone groups is 1. The zero-order valence-electron chi connectivity index (χ0n) is 15.3. The van der Waals surface area contributed by atoms with Gasteiger partial charge in [0.2, 0.25) is 5.13 Å². The lowest BCUT2D eigenvalue weighted by atomic mass is 10.1. The summed E-state index contributed by atoms with van der Waals surface area (Å²) in [5.74, 6) is 0. The first-order valence-electron chi connectivity index (χ1n) is 8.95. The first-order valence-corrected chi connectivity index (χ1v) is 10.7. The Kier molecular flexibility index (Phi) is 5.40. The van der Waals surface area contributed by atoms with Gasteiger partial charge >= 0.3 is 0 Å². The number of benzene rings is 2. The lowest BCUT2D eigenvalue weighted by Crippen LogP contribution is -2.07. The van der Waals surface area contributed by atoms with Gasteiger partial charge in [-0.05, 0) is 43.2 Å². The van der Waals surface area contributed by atoms with E-state index in [-0.39, 0.29) is 0 Å². The van der Waals surface area contributed by atoms with E-state index in [4.69, 9.17) is 0 Å². The smallest absolute Gasteiger partial charge is 0.204 e. The first kappa shape index (κ1) is 18.0. The van der Waals surface area contributed by atoms with Crippen LogP contribution in [0.4, 0.5) is 10.8 Å². The molecule has 0 unspecified atom stereocenters. The van der Waals surface area contributed by atoms with Gasteiger partial charge in [-0.1, -0.05) is 54.3 Å². The van der Waals surface area contributed by atoms with Crippen LogP contribution in [0.3, 0.4) is 0 Å². The van der Waals surface area contributed by atoms with Crippen LogP contribution in [0.5, 0.6) is 0 Å². The highest BCUT2D eigenvalue weighted by atomic mass is 32.2. The second-order valence-electron chi connectivity index (χ2n) is 6.29. The molecule has 1 aliphatic rings. The summed E-state index contributed by atoms with van der Waals surface area (Å²) >= 11 is 3.42. The number of anilines is 2. The Balaban J connectivity index is 1.39. The van der Waals surface area contributed by atoms with Crippen molar-refractivity contribution in [2.45, 2.75) is 25.5 Å². The van der Waals surface area contributed by atoms with Crippen molar-refractivity contribution in [3.05, 3.63) is 54.1 Å². The standard InChI is InChI=1S/C20H21N5S2/c1-3-16-12-21-19(26-16)22-15-10-8-14(9-11-15)13(2)24-25-20-23-17-6-4-5-7-18(17)27-20/h4-11,16H,3,12H2,1-2H3,(H,21,22)(H,23,25)/b24-13-/t16-/m0/s1. The number of amidine groups is 1. The third-order valence-corrected chi connectivity index (χ3v) is 6.55. The zero-order chi connectivity index (χ0) is 18.6. The predicted molar refractivity (Wildman–Crippen MR) is 119 cm³/mol. The van der Waals surface area contributed by atoms with Crippen LogP contribution in [0.2, 0.25) is 0 Å². The average molecular weight is 396 g/mol. The van der Waals surface area contributed by atoms with Crippen LogP contribution in [-0.2, 0) is 0 Å².